The van der Waals surface area contributed by atoms with Gasteiger partial charge in [0.25, 0.3) is 0 Å². The summed E-state index contributed by atoms with van der Waals surface area (Å²) in [6.45, 7) is 5.29. The zero-order chi connectivity index (χ0) is 17.3. The smallest absolute Gasteiger partial charge is 0.339 e. The third kappa shape index (κ3) is 3.02. The molecule has 24 heavy (non-hydrogen) atoms. The zero-order valence-corrected chi connectivity index (χ0v) is 14.7. The van der Waals surface area contributed by atoms with Gasteiger partial charge in [-0.1, -0.05) is 30.3 Å². The van der Waals surface area contributed by atoms with Crippen molar-refractivity contribution in [1.29, 1.82) is 0 Å². The second-order valence-electron chi connectivity index (χ2n) is 5.81. The van der Waals surface area contributed by atoms with Crippen molar-refractivity contribution in [1.82, 2.24) is 0 Å². The highest BCUT2D eigenvalue weighted by molar-refractivity contribution is 8.00. The van der Waals surface area contributed by atoms with Crippen LogP contribution in [-0.2, 0) is 4.79 Å². The van der Waals surface area contributed by atoms with Crippen molar-refractivity contribution in [3.8, 4) is 11.1 Å². The standard InChI is InChI=1S/C20H18O3S/c1-12(21)11-24-17-10-9-16-18(15-7-5-4-6-8-15)14(3)20(22)23-19(16)13(17)2/h4-10H,11H2,1-3H3. The summed E-state index contributed by atoms with van der Waals surface area (Å²) in [5.74, 6) is 0.531. The van der Waals surface area contributed by atoms with Gasteiger partial charge in [0, 0.05) is 27.0 Å². The molecular formula is C20H18O3S. The van der Waals surface area contributed by atoms with Gasteiger partial charge in [-0.05, 0) is 38.5 Å². The number of aryl methyl sites for hydroxylation is 1. The van der Waals surface area contributed by atoms with Crippen LogP contribution in [0.4, 0.5) is 0 Å². The van der Waals surface area contributed by atoms with Crippen LogP contribution in [0.5, 0.6) is 0 Å². The van der Waals surface area contributed by atoms with Crippen LogP contribution in [0.3, 0.4) is 0 Å². The number of carbonyl (C=O) groups is 1. The van der Waals surface area contributed by atoms with Crippen molar-refractivity contribution in [2.24, 2.45) is 0 Å². The first-order valence-corrected chi connectivity index (χ1v) is 8.72. The lowest BCUT2D eigenvalue weighted by Crippen LogP contribution is -2.06. The predicted molar refractivity (Wildman–Crippen MR) is 98.8 cm³/mol. The Kier molecular flexibility index (Phi) is 4.58. The molecule has 0 atom stereocenters. The highest BCUT2D eigenvalue weighted by Gasteiger charge is 2.16. The van der Waals surface area contributed by atoms with Gasteiger partial charge in [-0.3, -0.25) is 4.79 Å². The van der Waals surface area contributed by atoms with E-state index < -0.39 is 0 Å². The number of fused-ring (bicyclic) bond motifs is 1. The topological polar surface area (TPSA) is 47.3 Å². The minimum absolute atomic E-state index is 0.120. The molecule has 0 aliphatic heterocycles. The zero-order valence-electron chi connectivity index (χ0n) is 13.9. The molecule has 0 bridgehead atoms. The van der Waals surface area contributed by atoms with Crippen LogP contribution < -0.4 is 5.63 Å². The van der Waals surface area contributed by atoms with Crippen molar-refractivity contribution in [2.45, 2.75) is 25.7 Å². The molecule has 4 heteroatoms. The van der Waals surface area contributed by atoms with Crippen molar-refractivity contribution in [2.75, 3.05) is 5.75 Å². The number of ketones is 1. The Labute approximate surface area is 144 Å². The van der Waals surface area contributed by atoms with Crippen molar-refractivity contribution in [3.63, 3.8) is 0 Å². The summed E-state index contributed by atoms with van der Waals surface area (Å²) in [7, 11) is 0. The number of thioether (sulfide) groups is 1. The highest BCUT2D eigenvalue weighted by atomic mass is 32.2. The van der Waals surface area contributed by atoms with Crippen LogP contribution in [0.2, 0.25) is 0 Å². The van der Waals surface area contributed by atoms with Gasteiger partial charge in [-0.2, -0.15) is 0 Å². The van der Waals surface area contributed by atoms with Crippen LogP contribution in [0.15, 0.2) is 56.6 Å². The first kappa shape index (κ1) is 16.5. The van der Waals surface area contributed by atoms with E-state index in [2.05, 4.69) is 0 Å². The molecule has 0 saturated carbocycles. The average molecular weight is 338 g/mol. The molecule has 1 heterocycles. The largest absolute Gasteiger partial charge is 0.422 e. The van der Waals surface area contributed by atoms with Gasteiger partial charge in [0.1, 0.15) is 11.4 Å². The molecule has 3 rings (SSSR count). The summed E-state index contributed by atoms with van der Waals surface area (Å²) in [4.78, 5) is 24.5. The van der Waals surface area contributed by atoms with Gasteiger partial charge < -0.3 is 4.42 Å². The van der Waals surface area contributed by atoms with E-state index in [0.717, 1.165) is 27.0 Å². The molecule has 0 N–H and O–H groups in total. The number of benzene rings is 2. The normalized spacial score (nSPS) is 11.0. The molecule has 0 aliphatic carbocycles. The molecular weight excluding hydrogens is 320 g/mol. The maximum Gasteiger partial charge on any atom is 0.339 e. The molecule has 1 aromatic heterocycles. The Morgan fingerprint density at radius 1 is 1.04 bits per heavy atom. The van der Waals surface area contributed by atoms with E-state index in [1.165, 1.54) is 11.8 Å². The number of Topliss-reactive ketones (excluding diaryl/α,β-unsaturated/α-hetero) is 1. The van der Waals surface area contributed by atoms with Crippen LogP contribution in [0.25, 0.3) is 22.1 Å². The molecule has 0 spiro atoms. The van der Waals surface area contributed by atoms with E-state index in [0.29, 0.717) is 16.9 Å². The van der Waals surface area contributed by atoms with E-state index in [1.807, 2.05) is 49.4 Å². The molecule has 2 aromatic carbocycles. The van der Waals surface area contributed by atoms with Crippen molar-refractivity contribution >= 4 is 28.5 Å². The summed E-state index contributed by atoms with van der Waals surface area (Å²) in [5.41, 5.74) is 3.69. The van der Waals surface area contributed by atoms with E-state index in [-0.39, 0.29) is 11.4 Å². The molecule has 0 fully saturated rings. The van der Waals surface area contributed by atoms with Gasteiger partial charge in [-0.15, -0.1) is 11.8 Å². The quantitative estimate of drug-likeness (QED) is 0.508. The predicted octanol–water partition coefficient (Wildman–Crippen LogP) is 4.76. The van der Waals surface area contributed by atoms with Gasteiger partial charge in [0.15, 0.2) is 0 Å². The molecule has 3 aromatic rings. The summed E-state index contributed by atoms with van der Waals surface area (Å²) in [6.07, 6.45) is 0. The van der Waals surface area contributed by atoms with E-state index >= 15 is 0 Å². The van der Waals surface area contributed by atoms with Crippen molar-refractivity contribution in [3.05, 3.63) is 64.0 Å². The van der Waals surface area contributed by atoms with Gasteiger partial charge in [0.2, 0.25) is 0 Å². The monoisotopic (exact) mass is 338 g/mol. The first-order chi connectivity index (χ1) is 11.5. The molecule has 0 radical (unpaired) electrons. The van der Waals surface area contributed by atoms with Crippen LogP contribution in [-0.4, -0.2) is 11.5 Å². The molecule has 122 valence electrons. The summed E-state index contributed by atoms with van der Waals surface area (Å²) < 4.78 is 5.58. The Morgan fingerprint density at radius 2 is 1.75 bits per heavy atom. The lowest BCUT2D eigenvalue weighted by Gasteiger charge is -2.13. The molecule has 3 nitrogen and oxygen atoms in total. The lowest BCUT2D eigenvalue weighted by molar-refractivity contribution is -0.114. The second-order valence-corrected chi connectivity index (χ2v) is 6.83. The third-order valence-electron chi connectivity index (χ3n) is 3.99. The second kappa shape index (κ2) is 6.65. The molecule has 0 aliphatic rings. The Morgan fingerprint density at radius 3 is 2.42 bits per heavy atom. The number of hydrogen-bond donors (Lipinski definition) is 0. The Balaban J connectivity index is 2.26. The van der Waals surface area contributed by atoms with Crippen LogP contribution in [0, 0.1) is 13.8 Å². The molecule has 0 saturated heterocycles. The first-order valence-electron chi connectivity index (χ1n) is 7.73. The van der Waals surface area contributed by atoms with E-state index in [4.69, 9.17) is 4.42 Å². The number of hydrogen-bond acceptors (Lipinski definition) is 4. The molecule has 0 unspecified atom stereocenters. The maximum atomic E-state index is 12.3. The summed E-state index contributed by atoms with van der Waals surface area (Å²) >= 11 is 1.47. The molecule has 0 amide bonds. The summed E-state index contributed by atoms with van der Waals surface area (Å²) in [6, 6.07) is 13.8. The summed E-state index contributed by atoms with van der Waals surface area (Å²) in [5, 5.41) is 0.919. The minimum atomic E-state index is -0.321. The van der Waals surface area contributed by atoms with Gasteiger partial charge in [-0.25, -0.2) is 4.79 Å². The van der Waals surface area contributed by atoms with E-state index in [9.17, 15) is 9.59 Å². The van der Waals surface area contributed by atoms with Crippen LogP contribution >= 0.6 is 11.8 Å². The number of rotatable bonds is 4. The fraction of sp³-hybridized carbons (Fsp3) is 0.200. The fourth-order valence-corrected chi connectivity index (χ4v) is 3.62. The SMILES string of the molecule is CC(=O)CSc1ccc2c(-c3ccccc3)c(C)c(=O)oc2c1C. The highest BCUT2D eigenvalue weighted by Crippen LogP contribution is 2.35. The van der Waals surface area contributed by atoms with Gasteiger partial charge in [0.05, 0.1) is 5.75 Å². The lowest BCUT2D eigenvalue weighted by atomic mass is 9.97. The van der Waals surface area contributed by atoms with Gasteiger partial charge >= 0.3 is 5.63 Å². The maximum absolute atomic E-state index is 12.3. The van der Waals surface area contributed by atoms with Crippen LogP contribution in [0.1, 0.15) is 18.1 Å². The fourth-order valence-electron chi connectivity index (χ4n) is 2.79. The third-order valence-corrected chi connectivity index (χ3v) is 5.30. The Hall–Kier alpha value is -2.33. The minimum Gasteiger partial charge on any atom is -0.422 e. The Bertz CT molecular complexity index is 972. The number of carbonyl (C=O) groups excluding carboxylic acids is 1. The van der Waals surface area contributed by atoms with E-state index in [1.54, 1.807) is 13.8 Å². The average Bonchev–Trinajstić information content (AvgIpc) is 2.57. The van der Waals surface area contributed by atoms with Crippen molar-refractivity contribution < 1.29 is 9.21 Å².